The summed E-state index contributed by atoms with van der Waals surface area (Å²) in [5, 5.41) is 3.09. The first kappa shape index (κ1) is 23.5. The van der Waals surface area contributed by atoms with E-state index in [4.69, 9.17) is 0 Å². The fourth-order valence-corrected chi connectivity index (χ4v) is 5.91. The normalized spacial score (nSPS) is 15.5. The van der Waals surface area contributed by atoms with Gasteiger partial charge in [0.15, 0.2) is 0 Å². The van der Waals surface area contributed by atoms with Crippen molar-refractivity contribution in [1.82, 2.24) is 4.31 Å². The van der Waals surface area contributed by atoms with Crippen LogP contribution in [-0.2, 0) is 10.0 Å². The fraction of sp³-hybridized carbons (Fsp3) is 0.480. The number of para-hydroxylation sites is 1. The number of nitrogens with zero attached hydrogens (tertiary/aromatic N) is 1. The summed E-state index contributed by atoms with van der Waals surface area (Å²) in [5.74, 6) is 0.217. The quantitative estimate of drug-likeness (QED) is 0.627. The lowest BCUT2D eigenvalue weighted by Crippen LogP contribution is -2.36. The molecule has 2 aromatic carbocycles. The smallest absolute Gasteiger partial charge is 0.255 e. The third kappa shape index (κ3) is 5.01. The molecule has 168 valence electrons. The molecular formula is C25H34N2O3S. The molecule has 0 atom stereocenters. The van der Waals surface area contributed by atoms with Crippen LogP contribution in [0.1, 0.15) is 85.8 Å². The van der Waals surface area contributed by atoms with Crippen molar-refractivity contribution in [3.05, 3.63) is 58.7 Å². The Labute approximate surface area is 186 Å². The Balaban J connectivity index is 1.97. The molecule has 1 N–H and O–H groups in total. The molecule has 6 heteroatoms. The standard InChI is InChI=1S/C25H34N2O3S/c1-17(2)21-10-9-11-22(18(3)4)24(21)26-25(28)20-13-12-19(5)23(16-20)31(29,30)27-14-7-6-8-15-27/h9-13,16-18H,6-8,14-15H2,1-5H3,(H,26,28). The molecule has 1 heterocycles. The van der Waals surface area contributed by atoms with Crippen LogP contribution in [0.4, 0.5) is 5.69 Å². The predicted molar refractivity (Wildman–Crippen MR) is 126 cm³/mol. The number of sulfonamides is 1. The van der Waals surface area contributed by atoms with Gasteiger partial charge in [0.25, 0.3) is 5.91 Å². The molecule has 0 aromatic heterocycles. The van der Waals surface area contributed by atoms with Gasteiger partial charge >= 0.3 is 0 Å². The topological polar surface area (TPSA) is 66.5 Å². The molecule has 0 radical (unpaired) electrons. The maximum absolute atomic E-state index is 13.2. The molecule has 31 heavy (non-hydrogen) atoms. The highest BCUT2D eigenvalue weighted by Crippen LogP contribution is 2.33. The van der Waals surface area contributed by atoms with E-state index in [1.54, 1.807) is 23.4 Å². The first-order chi connectivity index (χ1) is 14.6. The van der Waals surface area contributed by atoms with Gasteiger partial charge in [-0.3, -0.25) is 4.79 Å². The second kappa shape index (κ2) is 9.53. The van der Waals surface area contributed by atoms with Crippen LogP contribution in [0, 0.1) is 6.92 Å². The zero-order valence-corrected chi connectivity index (χ0v) is 20.1. The fourth-order valence-electron chi connectivity index (χ4n) is 4.14. The van der Waals surface area contributed by atoms with Gasteiger partial charge in [0.2, 0.25) is 10.0 Å². The number of rotatable bonds is 6. The number of piperidine rings is 1. The summed E-state index contributed by atoms with van der Waals surface area (Å²) in [5.41, 5.74) is 4.00. The Morgan fingerprint density at radius 3 is 2.06 bits per heavy atom. The summed E-state index contributed by atoms with van der Waals surface area (Å²) in [6.45, 7) is 11.3. The SMILES string of the molecule is Cc1ccc(C(=O)Nc2c(C(C)C)cccc2C(C)C)cc1S(=O)(=O)N1CCCCC1. The van der Waals surface area contributed by atoms with Crippen molar-refractivity contribution in [3.8, 4) is 0 Å². The Kier molecular flexibility index (Phi) is 7.22. The van der Waals surface area contributed by atoms with E-state index in [9.17, 15) is 13.2 Å². The molecule has 0 unspecified atom stereocenters. The Morgan fingerprint density at radius 1 is 0.935 bits per heavy atom. The zero-order chi connectivity index (χ0) is 22.8. The monoisotopic (exact) mass is 442 g/mol. The first-order valence-corrected chi connectivity index (χ1v) is 12.6. The highest BCUT2D eigenvalue weighted by molar-refractivity contribution is 7.89. The van der Waals surface area contributed by atoms with E-state index in [1.807, 2.05) is 18.2 Å². The molecule has 1 fully saturated rings. The maximum Gasteiger partial charge on any atom is 0.255 e. The molecule has 1 aliphatic rings. The zero-order valence-electron chi connectivity index (χ0n) is 19.2. The van der Waals surface area contributed by atoms with Crippen molar-refractivity contribution < 1.29 is 13.2 Å². The van der Waals surface area contributed by atoms with Crippen molar-refractivity contribution in [2.75, 3.05) is 18.4 Å². The second-order valence-electron chi connectivity index (χ2n) is 9.02. The minimum atomic E-state index is -3.61. The van der Waals surface area contributed by atoms with Crippen LogP contribution >= 0.6 is 0 Å². The minimum absolute atomic E-state index is 0.225. The number of nitrogens with one attached hydrogen (secondary N) is 1. The Morgan fingerprint density at radius 2 is 1.52 bits per heavy atom. The third-order valence-electron chi connectivity index (χ3n) is 5.99. The molecule has 0 saturated carbocycles. The van der Waals surface area contributed by atoms with Crippen LogP contribution in [-0.4, -0.2) is 31.7 Å². The van der Waals surface area contributed by atoms with Crippen molar-refractivity contribution in [3.63, 3.8) is 0 Å². The molecule has 5 nitrogen and oxygen atoms in total. The van der Waals surface area contributed by atoms with Gasteiger partial charge in [-0.05, 0) is 60.4 Å². The summed E-state index contributed by atoms with van der Waals surface area (Å²) in [4.78, 5) is 13.4. The first-order valence-electron chi connectivity index (χ1n) is 11.2. The van der Waals surface area contributed by atoms with Crippen molar-refractivity contribution >= 4 is 21.6 Å². The van der Waals surface area contributed by atoms with Gasteiger partial charge in [-0.1, -0.05) is 58.4 Å². The number of aryl methyl sites for hydroxylation is 1. The molecule has 1 saturated heterocycles. The van der Waals surface area contributed by atoms with Crippen LogP contribution in [0.2, 0.25) is 0 Å². The van der Waals surface area contributed by atoms with E-state index in [0.717, 1.165) is 36.1 Å². The van der Waals surface area contributed by atoms with Crippen LogP contribution < -0.4 is 5.32 Å². The molecule has 3 rings (SSSR count). The number of amides is 1. The lowest BCUT2D eigenvalue weighted by molar-refractivity contribution is 0.102. The molecule has 2 aromatic rings. The van der Waals surface area contributed by atoms with Crippen molar-refractivity contribution in [1.29, 1.82) is 0 Å². The van der Waals surface area contributed by atoms with Gasteiger partial charge in [0.1, 0.15) is 0 Å². The highest BCUT2D eigenvalue weighted by atomic mass is 32.2. The van der Waals surface area contributed by atoms with Crippen LogP contribution in [0.5, 0.6) is 0 Å². The highest BCUT2D eigenvalue weighted by Gasteiger charge is 2.28. The Bertz CT molecular complexity index is 1030. The number of benzene rings is 2. The summed E-state index contributed by atoms with van der Waals surface area (Å²) in [7, 11) is -3.61. The van der Waals surface area contributed by atoms with Crippen LogP contribution in [0.25, 0.3) is 0 Å². The Hall–Kier alpha value is -2.18. The van der Waals surface area contributed by atoms with Gasteiger partial charge in [-0.25, -0.2) is 8.42 Å². The third-order valence-corrected chi connectivity index (χ3v) is 8.04. The van der Waals surface area contributed by atoms with Gasteiger partial charge in [-0.15, -0.1) is 0 Å². The maximum atomic E-state index is 13.2. The predicted octanol–water partition coefficient (Wildman–Crippen LogP) is 5.67. The second-order valence-corrected chi connectivity index (χ2v) is 10.9. The van der Waals surface area contributed by atoms with E-state index in [2.05, 4.69) is 33.0 Å². The molecule has 0 bridgehead atoms. The molecular weight excluding hydrogens is 408 g/mol. The number of carbonyl (C=O) groups is 1. The van der Waals surface area contributed by atoms with Crippen molar-refractivity contribution in [2.45, 2.75) is 70.6 Å². The van der Waals surface area contributed by atoms with E-state index >= 15 is 0 Å². The van der Waals surface area contributed by atoms with Gasteiger partial charge in [-0.2, -0.15) is 4.31 Å². The van der Waals surface area contributed by atoms with Gasteiger partial charge in [0, 0.05) is 24.3 Å². The lowest BCUT2D eigenvalue weighted by Gasteiger charge is -2.26. The molecule has 0 aliphatic carbocycles. The van der Waals surface area contributed by atoms with Gasteiger partial charge < -0.3 is 5.32 Å². The summed E-state index contributed by atoms with van der Waals surface area (Å²) >= 11 is 0. The van der Waals surface area contributed by atoms with E-state index in [1.165, 1.54) is 6.07 Å². The minimum Gasteiger partial charge on any atom is -0.321 e. The number of anilines is 1. The van der Waals surface area contributed by atoms with E-state index in [0.29, 0.717) is 24.2 Å². The molecule has 0 spiro atoms. The summed E-state index contributed by atoms with van der Waals surface area (Å²) < 4.78 is 28.0. The average molecular weight is 443 g/mol. The lowest BCUT2D eigenvalue weighted by atomic mass is 9.92. The van der Waals surface area contributed by atoms with Crippen LogP contribution in [0.3, 0.4) is 0 Å². The number of carbonyl (C=O) groups excluding carboxylic acids is 1. The largest absolute Gasteiger partial charge is 0.321 e. The van der Waals surface area contributed by atoms with E-state index < -0.39 is 10.0 Å². The van der Waals surface area contributed by atoms with Crippen molar-refractivity contribution in [2.24, 2.45) is 0 Å². The van der Waals surface area contributed by atoms with E-state index in [-0.39, 0.29) is 22.6 Å². The van der Waals surface area contributed by atoms with Gasteiger partial charge in [0.05, 0.1) is 4.90 Å². The number of hydrogen-bond donors (Lipinski definition) is 1. The molecule has 1 amide bonds. The molecule has 1 aliphatic heterocycles. The number of hydrogen-bond acceptors (Lipinski definition) is 3. The average Bonchev–Trinajstić information content (AvgIpc) is 2.74. The summed E-state index contributed by atoms with van der Waals surface area (Å²) in [6.07, 6.45) is 2.81. The summed E-state index contributed by atoms with van der Waals surface area (Å²) in [6, 6.07) is 11.1. The van der Waals surface area contributed by atoms with Crippen LogP contribution in [0.15, 0.2) is 41.3 Å².